The molecule has 2 N–H and O–H groups in total. The molecule has 1 saturated heterocycles. The van der Waals surface area contributed by atoms with Gasteiger partial charge in [0.1, 0.15) is 0 Å². The molecule has 0 bridgehead atoms. The molecule has 1 unspecified atom stereocenters. The maximum Gasteiger partial charge on any atom is 0.239 e. The van der Waals surface area contributed by atoms with E-state index in [-0.39, 0.29) is 11.9 Å². The summed E-state index contributed by atoms with van der Waals surface area (Å²) >= 11 is 0. The highest BCUT2D eigenvalue weighted by Gasteiger charge is 2.28. The highest BCUT2D eigenvalue weighted by atomic mass is 16.2. The molecule has 0 spiro atoms. The van der Waals surface area contributed by atoms with Gasteiger partial charge in [-0.25, -0.2) is 0 Å². The van der Waals surface area contributed by atoms with E-state index in [0.717, 1.165) is 45.2 Å². The molecule has 1 fully saturated rings. The zero-order valence-electron chi connectivity index (χ0n) is 13.1. The Kier molecular flexibility index (Phi) is 6.80. The summed E-state index contributed by atoms with van der Waals surface area (Å²) in [6.07, 6.45) is 5.08. The molecule has 1 amide bonds. The first kappa shape index (κ1) is 16.4. The SMILES string of the molecule is CCCCC(N)C(=O)N(C)C1CCN(C(C)C)CC1. The van der Waals surface area contributed by atoms with E-state index < -0.39 is 0 Å². The molecule has 0 radical (unpaired) electrons. The van der Waals surface area contributed by atoms with Crippen molar-refractivity contribution < 1.29 is 4.79 Å². The van der Waals surface area contributed by atoms with E-state index in [0.29, 0.717) is 12.1 Å². The Morgan fingerprint density at radius 2 is 1.95 bits per heavy atom. The van der Waals surface area contributed by atoms with Gasteiger partial charge in [-0.1, -0.05) is 19.8 Å². The van der Waals surface area contributed by atoms with Crippen molar-refractivity contribution in [3.8, 4) is 0 Å². The van der Waals surface area contributed by atoms with E-state index in [9.17, 15) is 4.79 Å². The second-order valence-corrected chi connectivity index (χ2v) is 6.06. The number of piperidine rings is 1. The predicted molar refractivity (Wildman–Crippen MR) is 80.0 cm³/mol. The normalized spacial score (nSPS) is 19.7. The molecule has 0 aromatic heterocycles. The van der Waals surface area contributed by atoms with Crippen molar-refractivity contribution in [2.45, 2.75) is 71.0 Å². The van der Waals surface area contributed by atoms with Crippen LogP contribution >= 0.6 is 0 Å². The van der Waals surface area contributed by atoms with Gasteiger partial charge in [0.15, 0.2) is 0 Å². The van der Waals surface area contributed by atoms with Crippen LogP contribution in [-0.2, 0) is 4.79 Å². The molecule has 1 atom stereocenters. The number of likely N-dealkylation sites (tertiary alicyclic amines) is 1. The highest BCUT2D eigenvalue weighted by molar-refractivity contribution is 5.81. The van der Waals surface area contributed by atoms with Crippen molar-refractivity contribution in [3.05, 3.63) is 0 Å². The van der Waals surface area contributed by atoms with Gasteiger partial charge in [0.25, 0.3) is 0 Å². The van der Waals surface area contributed by atoms with Crippen molar-refractivity contribution >= 4 is 5.91 Å². The first-order valence-electron chi connectivity index (χ1n) is 7.73. The monoisotopic (exact) mass is 269 g/mol. The number of carbonyl (C=O) groups excluding carboxylic acids is 1. The fourth-order valence-corrected chi connectivity index (χ4v) is 2.78. The molecule has 0 aliphatic carbocycles. The Bertz CT molecular complexity index is 273. The molecule has 19 heavy (non-hydrogen) atoms. The Balaban J connectivity index is 2.41. The minimum atomic E-state index is -0.312. The lowest BCUT2D eigenvalue weighted by Crippen LogP contribution is -2.51. The third-order valence-electron chi connectivity index (χ3n) is 4.31. The summed E-state index contributed by atoms with van der Waals surface area (Å²) in [6.45, 7) is 8.77. The molecule has 112 valence electrons. The third-order valence-corrected chi connectivity index (χ3v) is 4.31. The van der Waals surface area contributed by atoms with E-state index in [1.807, 2.05) is 11.9 Å². The van der Waals surface area contributed by atoms with Crippen molar-refractivity contribution in [2.24, 2.45) is 5.73 Å². The van der Waals surface area contributed by atoms with Gasteiger partial charge >= 0.3 is 0 Å². The average Bonchev–Trinajstić information content (AvgIpc) is 2.43. The molecule has 1 aliphatic heterocycles. The van der Waals surface area contributed by atoms with Crippen LogP contribution < -0.4 is 5.73 Å². The molecule has 1 rings (SSSR count). The van der Waals surface area contributed by atoms with E-state index in [4.69, 9.17) is 5.73 Å². The van der Waals surface area contributed by atoms with E-state index in [2.05, 4.69) is 25.7 Å². The lowest BCUT2D eigenvalue weighted by atomic mass is 10.0. The zero-order chi connectivity index (χ0) is 14.4. The molecule has 0 aromatic rings. The fraction of sp³-hybridized carbons (Fsp3) is 0.933. The maximum atomic E-state index is 12.3. The summed E-state index contributed by atoms with van der Waals surface area (Å²) in [5.41, 5.74) is 5.98. The summed E-state index contributed by atoms with van der Waals surface area (Å²) < 4.78 is 0. The molecule has 0 aromatic carbocycles. The van der Waals surface area contributed by atoms with Gasteiger partial charge in [0.05, 0.1) is 6.04 Å². The van der Waals surface area contributed by atoms with Crippen molar-refractivity contribution in [2.75, 3.05) is 20.1 Å². The topological polar surface area (TPSA) is 49.6 Å². The lowest BCUT2D eigenvalue weighted by molar-refractivity contribution is -0.134. The molecule has 4 nitrogen and oxygen atoms in total. The van der Waals surface area contributed by atoms with Crippen LogP contribution in [0.2, 0.25) is 0 Å². The van der Waals surface area contributed by atoms with Crippen LogP contribution in [0.1, 0.15) is 52.9 Å². The maximum absolute atomic E-state index is 12.3. The van der Waals surface area contributed by atoms with Gasteiger partial charge in [-0.2, -0.15) is 0 Å². The van der Waals surface area contributed by atoms with Crippen LogP contribution in [-0.4, -0.2) is 54.0 Å². The van der Waals surface area contributed by atoms with Gasteiger partial charge in [-0.3, -0.25) is 4.79 Å². The number of nitrogens with two attached hydrogens (primary N) is 1. The number of unbranched alkanes of at least 4 members (excludes halogenated alkanes) is 1. The largest absolute Gasteiger partial charge is 0.341 e. The van der Waals surface area contributed by atoms with Crippen LogP contribution in [0.15, 0.2) is 0 Å². The van der Waals surface area contributed by atoms with Gasteiger partial charge in [0, 0.05) is 32.2 Å². The molecule has 1 heterocycles. The lowest BCUT2D eigenvalue weighted by Gasteiger charge is -2.39. The molecule has 0 saturated carbocycles. The average molecular weight is 269 g/mol. The quantitative estimate of drug-likeness (QED) is 0.800. The molecule has 4 heteroatoms. The Labute approximate surface area is 118 Å². The van der Waals surface area contributed by atoms with Crippen LogP contribution in [0.3, 0.4) is 0 Å². The van der Waals surface area contributed by atoms with E-state index in [1.54, 1.807) is 0 Å². The summed E-state index contributed by atoms with van der Waals surface area (Å²) in [6, 6.07) is 0.664. The van der Waals surface area contributed by atoms with Gasteiger partial charge in [0.2, 0.25) is 5.91 Å². The van der Waals surface area contributed by atoms with Gasteiger partial charge in [-0.05, 0) is 33.1 Å². The van der Waals surface area contributed by atoms with Crippen molar-refractivity contribution in [1.82, 2.24) is 9.80 Å². The number of carbonyl (C=O) groups is 1. The number of likely N-dealkylation sites (N-methyl/N-ethyl adjacent to an activating group) is 1. The number of amides is 1. The standard InChI is InChI=1S/C15H31N3O/c1-5-6-7-14(16)15(19)17(4)13-8-10-18(11-9-13)12(2)3/h12-14H,5-11,16H2,1-4H3. The summed E-state index contributed by atoms with van der Waals surface area (Å²) in [4.78, 5) is 16.6. The van der Waals surface area contributed by atoms with Crippen LogP contribution in [0.25, 0.3) is 0 Å². The minimum absolute atomic E-state index is 0.122. The third kappa shape index (κ3) is 4.77. The first-order valence-corrected chi connectivity index (χ1v) is 7.73. The highest BCUT2D eigenvalue weighted by Crippen LogP contribution is 2.18. The summed E-state index contributed by atoms with van der Waals surface area (Å²) in [5.74, 6) is 0.122. The number of rotatable bonds is 6. The Morgan fingerprint density at radius 3 is 2.42 bits per heavy atom. The van der Waals surface area contributed by atoms with Gasteiger partial charge < -0.3 is 15.5 Å². The minimum Gasteiger partial charge on any atom is -0.341 e. The van der Waals surface area contributed by atoms with Crippen LogP contribution in [0.5, 0.6) is 0 Å². The number of nitrogens with zero attached hydrogens (tertiary/aromatic N) is 2. The Hall–Kier alpha value is -0.610. The van der Waals surface area contributed by atoms with E-state index in [1.165, 1.54) is 0 Å². The summed E-state index contributed by atoms with van der Waals surface area (Å²) in [5, 5.41) is 0. The molecular formula is C15H31N3O. The first-order chi connectivity index (χ1) is 8.97. The zero-order valence-corrected chi connectivity index (χ0v) is 13.1. The van der Waals surface area contributed by atoms with Gasteiger partial charge in [-0.15, -0.1) is 0 Å². The van der Waals surface area contributed by atoms with Crippen molar-refractivity contribution in [1.29, 1.82) is 0 Å². The van der Waals surface area contributed by atoms with Crippen LogP contribution in [0.4, 0.5) is 0 Å². The van der Waals surface area contributed by atoms with E-state index >= 15 is 0 Å². The number of hydrogen-bond acceptors (Lipinski definition) is 3. The second-order valence-electron chi connectivity index (χ2n) is 6.06. The van der Waals surface area contributed by atoms with Crippen LogP contribution in [0, 0.1) is 0 Å². The smallest absolute Gasteiger partial charge is 0.239 e. The fourth-order valence-electron chi connectivity index (χ4n) is 2.78. The second kappa shape index (κ2) is 7.85. The number of hydrogen-bond donors (Lipinski definition) is 1. The van der Waals surface area contributed by atoms with Crippen molar-refractivity contribution in [3.63, 3.8) is 0 Å². The predicted octanol–water partition coefficient (Wildman–Crippen LogP) is 1.84. The molecule has 1 aliphatic rings. The Morgan fingerprint density at radius 1 is 1.37 bits per heavy atom. The molecular weight excluding hydrogens is 238 g/mol. The summed E-state index contributed by atoms with van der Waals surface area (Å²) in [7, 11) is 1.92.